The molecular formula is C16H24N2. The Labute approximate surface area is 110 Å². The molecule has 1 heterocycles. The molecule has 1 aliphatic carbocycles. The van der Waals surface area contributed by atoms with Gasteiger partial charge in [0.25, 0.3) is 0 Å². The number of likely N-dealkylation sites (tertiary alicyclic amines) is 1. The molecule has 1 aliphatic heterocycles. The van der Waals surface area contributed by atoms with Crippen molar-refractivity contribution in [2.45, 2.75) is 44.7 Å². The van der Waals surface area contributed by atoms with Crippen molar-refractivity contribution in [3.8, 4) is 0 Å². The monoisotopic (exact) mass is 244 g/mol. The highest BCUT2D eigenvalue weighted by molar-refractivity contribution is 5.22. The molecule has 0 radical (unpaired) electrons. The minimum Gasteiger partial charge on any atom is -0.314 e. The van der Waals surface area contributed by atoms with Gasteiger partial charge in [0.15, 0.2) is 0 Å². The van der Waals surface area contributed by atoms with Crippen LogP contribution >= 0.6 is 0 Å². The van der Waals surface area contributed by atoms with Crippen molar-refractivity contribution in [3.63, 3.8) is 0 Å². The zero-order valence-electron chi connectivity index (χ0n) is 11.2. The zero-order valence-corrected chi connectivity index (χ0v) is 11.2. The van der Waals surface area contributed by atoms with Crippen LogP contribution < -0.4 is 5.32 Å². The molecule has 1 aromatic carbocycles. The van der Waals surface area contributed by atoms with E-state index in [4.69, 9.17) is 0 Å². The first kappa shape index (κ1) is 12.2. The Morgan fingerprint density at radius 1 is 1.00 bits per heavy atom. The van der Waals surface area contributed by atoms with Crippen LogP contribution in [0.5, 0.6) is 0 Å². The van der Waals surface area contributed by atoms with Crippen LogP contribution in [0.25, 0.3) is 0 Å². The Morgan fingerprint density at radius 2 is 1.67 bits per heavy atom. The minimum atomic E-state index is 0.833. The highest BCUT2D eigenvalue weighted by atomic mass is 15.1. The summed E-state index contributed by atoms with van der Waals surface area (Å²) in [6.07, 6.45) is 6.69. The number of nitrogens with one attached hydrogen (secondary N) is 1. The fourth-order valence-electron chi connectivity index (χ4n) is 2.72. The molecule has 18 heavy (non-hydrogen) atoms. The third-order valence-corrected chi connectivity index (χ3v) is 4.05. The van der Waals surface area contributed by atoms with Crippen molar-refractivity contribution in [2.75, 3.05) is 19.6 Å². The summed E-state index contributed by atoms with van der Waals surface area (Å²) in [7, 11) is 0. The molecule has 0 unspecified atom stereocenters. The van der Waals surface area contributed by atoms with Gasteiger partial charge in [-0.2, -0.15) is 0 Å². The molecule has 0 atom stereocenters. The predicted octanol–water partition coefficient (Wildman–Crippen LogP) is 2.58. The van der Waals surface area contributed by atoms with E-state index in [0.717, 1.165) is 19.1 Å². The molecule has 98 valence electrons. The third-order valence-electron chi connectivity index (χ3n) is 4.05. The van der Waals surface area contributed by atoms with Crippen molar-refractivity contribution in [1.82, 2.24) is 10.2 Å². The summed E-state index contributed by atoms with van der Waals surface area (Å²) in [5.41, 5.74) is 2.93. The fourth-order valence-corrected chi connectivity index (χ4v) is 2.72. The predicted molar refractivity (Wildman–Crippen MR) is 75.7 cm³/mol. The van der Waals surface area contributed by atoms with E-state index in [1.165, 1.54) is 56.3 Å². The molecule has 0 bridgehead atoms. The maximum absolute atomic E-state index is 3.57. The van der Waals surface area contributed by atoms with Crippen molar-refractivity contribution in [1.29, 1.82) is 0 Å². The van der Waals surface area contributed by atoms with Gasteiger partial charge in [-0.3, -0.25) is 4.90 Å². The number of hydrogen-bond acceptors (Lipinski definition) is 2. The van der Waals surface area contributed by atoms with Crippen LogP contribution in [0, 0.1) is 0 Å². The molecule has 1 saturated carbocycles. The maximum atomic E-state index is 3.57. The van der Waals surface area contributed by atoms with Crippen LogP contribution in [0.3, 0.4) is 0 Å². The average Bonchev–Trinajstić information content (AvgIpc) is 3.07. The van der Waals surface area contributed by atoms with E-state index in [9.17, 15) is 0 Å². The second-order valence-electron chi connectivity index (χ2n) is 5.78. The molecule has 1 N–H and O–H groups in total. The number of nitrogens with zero attached hydrogens (tertiary/aromatic N) is 1. The summed E-state index contributed by atoms with van der Waals surface area (Å²) in [4.78, 5) is 2.56. The van der Waals surface area contributed by atoms with Gasteiger partial charge in [0, 0.05) is 12.6 Å². The normalized spacial score (nSPS) is 20.4. The molecule has 2 heteroatoms. The molecule has 1 saturated heterocycles. The van der Waals surface area contributed by atoms with Crippen molar-refractivity contribution in [3.05, 3.63) is 35.4 Å². The van der Waals surface area contributed by atoms with Gasteiger partial charge < -0.3 is 5.32 Å². The lowest BCUT2D eigenvalue weighted by atomic mass is 10.1. The lowest BCUT2D eigenvalue weighted by Gasteiger charge is -2.14. The van der Waals surface area contributed by atoms with Crippen molar-refractivity contribution >= 4 is 0 Å². The van der Waals surface area contributed by atoms with Gasteiger partial charge in [-0.25, -0.2) is 0 Å². The summed E-state index contributed by atoms with van der Waals surface area (Å²) in [6, 6.07) is 10.1. The SMILES string of the molecule is c1cc(CN2CCCC2)ccc1CCNC1CC1. The van der Waals surface area contributed by atoms with Crippen LogP contribution in [-0.2, 0) is 13.0 Å². The smallest absolute Gasteiger partial charge is 0.0233 e. The third kappa shape index (κ3) is 3.56. The van der Waals surface area contributed by atoms with Crippen molar-refractivity contribution in [2.24, 2.45) is 0 Å². The van der Waals surface area contributed by atoms with E-state index in [-0.39, 0.29) is 0 Å². The molecule has 2 fully saturated rings. The van der Waals surface area contributed by atoms with Gasteiger partial charge >= 0.3 is 0 Å². The lowest BCUT2D eigenvalue weighted by Crippen LogP contribution is -2.19. The molecular weight excluding hydrogens is 220 g/mol. The van der Waals surface area contributed by atoms with Crippen LogP contribution in [-0.4, -0.2) is 30.6 Å². The molecule has 1 aromatic rings. The van der Waals surface area contributed by atoms with Gasteiger partial charge in [0.05, 0.1) is 0 Å². The van der Waals surface area contributed by atoms with E-state index < -0.39 is 0 Å². The Hall–Kier alpha value is -0.860. The molecule has 0 spiro atoms. The first-order chi connectivity index (χ1) is 8.90. The highest BCUT2D eigenvalue weighted by Gasteiger charge is 2.19. The summed E-state index contributed by atoms with van der Waals surface area (Å²) >= 11 is 0. The van der Waals surface area contributed by atoms with Gasteiger partial charge in [-0.15, -0.1) is 0 Å². The molecule has 0 aromatic heterocycles. The second kappa shape index (κ2) is 5.85. The van der Waals surface area contributed by atoms with Gasteiger partial charge in [0.1, 0.15) is 0 Å². The number of rotatable bonds is 6. The van der Waals surface area contributed by atoms with Crippen LogP contribution in [0.1, 0.15) is 36.8 Å². The maximum Gasteiger partial charge on any atom is 0.0233 e. The highest BCUT2D eigenvalue weighted by Crippen LogP contribution is 2.18. The lowest BCUT2D eigenvalue weighted by molar-refractivity contribution is 0.331. The van der Waals surface area contributed by atoms with Gasteiger partial charge in [0.2, 0.25) is 0 Å². The summed E-state index contributed by atoms with van der Waals surface area (Å²) in [5.74, 6) is 0. The molecule has 2 nitrogen and oxygen atoms in total. The Morgan fingerprint density at radius 3 is 2.33 bits per heavy atom. The molecule has 3 rings (SSSR count). The van der Waals surface area contributed by atoms with Gasteiger partial charge in [-0.1, -0.05) is 24.3 Å². The van der Waals surface area contributed by atoms with E-state index >= 15 is 0 Å². The topological polar surface area (TPSA) is 15.3 Å². The minimum absolute atomic E-state index is 0.833. The first-order valence-corrected chi connectivity index (χ1v) is 7.44. The van der Waals surface area contributed by atoms with Crippen LogP contribution in [0.2, 0.25) is 0 Å². The van der Waals surface area contributed by atoms with Gasteiger partial charge in [-0.05, 0) is 62.9 Å². The fraction of sp³-hybridized carbons (Fsp3) is 0.625. The average molecular weight is 244 g/mol. The van der Waals surface area contributed by atoms with E-state index in [2.05, 4.69) is 34.5 Å². The van der Waals surface area contributed by atoms with E-state index in [0.29, 0.717) is 0 Å². The Bertz CT molecular complexity index is 361. The molecule has 2 aliphatic rings. The summed E-state index contributed by atoms with van der Waals surface area (Å²) in [6.45, 7) is 4.84. The summed E-state index contributed by atoms with van der Waals surface area (Å²) < 4.78 is 0. The van der Waals surface area contributed by atoms with Crippen LogP contribution in [0.15, 0.2) is 24.3 Å². The van der Waals surface area contributed by atoms with Crippen LogP contribution in [0.4, 0.5) is 0 Å². The zero-order chi connectivity index (χ0) is 12.2. The van der Waals surface area contributed by atoms with E-state index in [1.807, 2.05) is 0 Å². The van der Waals surface area contributed by atoms with E-state index in [1.54, 1.807) is 0 Å². The first-order valence-electron chi connectivity index (χ1n) is 7.44. The molecule has 0 amide bonds. The quantitative estimate of drug-likeness (QED) is 0.827. The second-order valence-corrected chi connectivity index (χ2v) is 5.78. The Balaban J connectivity index is 1.45. The number of benzene rings is 1. The van der Waals surface area contributed by atoms with Crippen molar-refractivity contribution < 1.29 is 0 Å². The Kier molecular flexibility index (Phi) is 3.96. The largest absolute Gasteiger partial charge is 0.314 e. The summed E-state index contributed by atoms with van der Waals surface area (Å²) in [5, 5.41) is 3.57. The standard InChI is InChI=1S/C16H24N2/c1-2-12-18(11-1)13-15-5-3-14(4-6-15)9-10-17-16-7-8-16/h3-6,16-17H,1-2,7-13H2. The number of hydrogen-bond donors (Lipinski definition) is 1.